The fraction of sp³-hybridized carbons (Fsp3) is 0.778. The number of nitrogens with one attached hydrogen (secondary N) is 1. The summed E-state index contributed by atoms with van der Waals surface area (Å²) in [6.45, 7) is 1.48. The zero-order chi connectivity index (χ0) is 9.59. The predicted molar refractivity (Wildman–Crippen MR) is 44.9 cm³/mol. The van der Waals surface area contributed by atoms with Crippen LogP contribution in [0.25, 0.3) is 0 Å². The third kappa shape index (κ3) is 1.30. The van der Waals surface area contributed by atoms with Gasteiger partial charge in [0.15, 0.2) is 0 Å². The average Bonchev–Trinajstić information content (AvgIpc) is 2.61. The van der Waals surface area contributed by atoms with E-state index >= 15 is 0 Å². The Kier molecular flexibility index (Phi) is 1.78. The third-order valence-corrected chi connectivity index (χ3v) is 3.18. The van der Waals surface area contributed by atoms with Gasteiger partial charge in [-0.05, 0) is 24.7 Å². The lowest BCUT2D eigenvalue weighted by molar-refractivity contribution is -0.139. The highest BCUT2D eigenvalue weighted by atomic mass is 16.4. The number of aliphatic carboxylic acids is 1. The number of amides is 1. The monoisotopic (exact) mass is 183 g/mol. The molecule has 72 valence electrons. The Labute approximate surface area is 76.3 Å². The van der Waals surface area contributed by atoms with Gasteiger partial charge in [0.1, 0.15) is 0 Å². The zero-order valence-corrected chi connectivity index (χ0v) is 7.49. The van der Waals surface area contributed by atoms with Gasteiger partial charge < -0.3 is 10.4 Å². The SMILES string of the molecule is CC(=O)NC1CCC2C(C(=O)O)C12. The van der Waals surface area contributed by atoms with E-state index in [1.807, 2.05) is 0 Å². The van der Waals surface area contributed by atoms with E-state index in [0.29, 0.717) is 5.92 Å². The van der Waals surface area contributed by atoms with Gasteiger partial charge in [0, 0.05) is 13.0 Å². The minimum absolute atomic E-state index is 0.0540. The van der Waals surface area contributed by atoms with Gasteiger partial charge in [-0.2, -0.15) is 0 Å². The van der Waals surface area contributed by atoms with Crippen molar-refractivity contribution in [1.29, 1.82) is 0 Å². The Morgan fingerprint density at radius 2 is 2.08 bits per heavy atom. The molecule has 2 aliphatic rings. The van der Waals surface area contributed by atoms with E-state index in [1.165, 1.54) is 6.92 Å². The van der Waals surface area contributed by atoms with Crippen molar-refractivity contribution in [3.05, 3.63) is 0 Å². The molecule has 2 aliphatic carbocycles. The minimum Gasteiger partial charge on any atom is -0.481 e. The van der Waals surface area contributed by atoms with E-state index < -0.39 is 5.97 Å². The van der Waals surface area contributed by atoms with Crippen LogP contribution >= 0.6 is 0 Å². The topological polar surface area (TPSA) is 66.4 Å². The van der Waals surface area contributed by atoms with Gasteiger partial charge in [-0.15, -0.1) is 0 Å². The van der Waals surface area contributed by atoms with E-state index in [1.54, 1.807) is 0 Å². The molecule has 0 spiro atoms. The molecule has 0 aromatic carbocycles. The van der Waals surface area contributed by atoms with Gasteiger partial charge in [-0.1, -0.05) is 0 Å². The second-order valence-corrected chi connectivity index (χ2v) is 3.99. The molecule has 4 unspecified atom stereocenters. The van der Waals surface area contributed by atoms with Gasteiger partial charge in [-0.3, -0.25) is 9.59 Å². The largest absolute Gasteiger partial charge is 0.481 e. The Bertz CT molecular complexity index is 264. The molecule has 4 heteroatoms. The summed E-state index contributed by atoms with van der Waals surface area (Å²) in [5.41, 5.74) is 0. The molecule has 0 aromatic heterocycles. The first-order chi connectivity index (χ1) is 6.11. The molecule has 2 N–H and O–H groups in total. The highest BCUT2D eigenvalue weighted by molar-refractivity contribution is 5.76. The zero-order valence-electron chi connectivity index (χ0n) is 7.49. The number of hydrogen-bond donors (Lipinski definition) is 2. The molecule has 2 rings (SSSR count). The first kappa shape index (κ1) is 8.53. The van der Waals surface area contributed by atoms with E-state index in [9.17, 15) is 9.59 Å². The summed E-state index contributed by atoms with van der Waals surface area (Å²) in [6, 6.07) is 0.114. The van der Waals surface area contributed by atoms with Crippen LogP contribution in [0, 0.1) is 17.8 Å². The number of fused-ring (bicyclic) bond motifs is 1. The summed E-state index contributed by atoms with van der Waals surface area (Å²) < 4.78 is 0. The third-order valence-electron chi connectivity index (χ3n) is 3.18. The summed E-state index contributed by atoms with van der Waals surface area (Å²) in [5.74, 6) is -0.409. The molecule has 2 fully saturated rings. The second-order valence-electron chi connectivity index (χ2n) is 3.99. The maximum atomic E-state index is 10.8. The van der Waals surface area contributed by atoms with Crippen molar-refractivity contribution in [2.45, 2.75) is 25.8 Å². The molecule has 0 aromatic rings. The van der Waals surface area contributed by atoms with Crippen molar-refractivity contribution < 1.29 is 14.7 Å². The number of hydrogen-bond acceptors (Lipinski definition) is 2. The van der Waals surface area contributed by atoms with Crippen LogP contribution < -0.4 is 5.32 Å². The van der Waals surface area contributed by atoms with Crippen LogP contribution in [0.15, 0.2) is 0 Å². The summed E-state index contributed by atoms with van der Waals surface area (Å²) in [7, 11) is 0. The smallest absolute Gasteiger partial charge is 0.307 e. The summed E-state index contributed by atoms with van der Waals surface area (Å²) in [4.78, 5) is 21.5. The van der Waals surface area contributed by atoms with E-state index in [2.05, 4.69) is 5.32 Å². The Morgan fingerprint density at radius 3 is 2.54 bits per heavy atom. The number of carbonyl (C=O) groups is 2. The number of rotatable bonds is 2. The lowest BCUT2D eigenvalue weighted by Gasteiger charge is -2.13. The van der Waals surface area contributed by atoms with Crippen LogP contribution in [-0.2, 0) is 9.59 Å². The van der Waals surface area contributed by atoms with Crippen molar-refractivity contribution in [1.82, 2.24) is 5.32 Å². The van der Waals surface area contributed by atoms with Crippen molar-refractivity contribution in [2.24, 2.45) is 17.8 Å². The van der Waals surface area contributed by atoms with Gasteiger partial charge in [0.2, 0.25) is 5.91 Å². The Morgan fingerprint density at radius 1 is 1.38 bits per heavy atom. The van der Waals surface area contributed by atoms with Crippen LogP contribution in [0.4, 0.5) is 0 Å². The molecule has 1 amide bonds. The molecular formula is C9H13NO3. The van der Waals surface area contributed by atoms with Gasteiger partial charge in [-0.25, -0.2) is 0 Å². The molecule has 0 aliphatic heterocycles. The molecule has 4 nitrogen and oxygen atoms in total. The minimum atomic E-state index is -0.704. The van der Waals surface area contributed by atoms with E-state index in [-0.39, 0.29) is 23.8 Å². The maximum absolute atomic E-state index is 10.8. The Hall–Kier alpha value is -1.06. The fourth-order valence-corrected chi connectivity index (χ4v) is 2.66. The molecular weight excluding hydrogens is 170 g/mol. The average molecular weight is 183 g/mol. The lowest BCUT2D eigenvalue weighted by Crippen LogP contribution is -2.34. The normalized spacial score (nSPS) is 41.0. The first-order valence-electron chi connectivity index (χ1n) is 4.61. The van der Waals surface area contributed by atoms with E-state index in [4.69, 9.17) is 5.11 Å². The van der Waals surface area contributed by atoms with Gasteiger partial charge >= 0.3 is 5.97 Å². The molecule has 2 saturated carbocycles. The molecule has 13 heavy (non-hydrogen) atoms. The van der Waals surface area contributed by atoms with Crippen LogP contribution in [0.3, 0.4) is 0 Å². The number of carbonyl (C=O) groups excluding carboxylic acids is 1. The lowest BCUT2D eigenvalue weighted by atomic mass is 10.1. The highest BCUT2D eigenvalue weighted by Gasteiger charge is 2.61. The van der Waals surface area contributed by atoms with Gasteiger partial charge in [0.05, 0.1) is 5.92 Å². The predicted octanol–water partition coefficient (Wildman–Crippen LogP) is 0.232. The molecule has 0 radical (unpaired) electrons. The van der Waals surface area contributed by atoms with Crippen LogP contribution in [0.2, 0.25) is 0 Å². The fourth-order valence-electron chi connectivity index (χ4n) is 2.66. The highest BCUT2D eigenvalue weighted by Crippen LogP contribution is 2.57. The van der Waals surface area contributed by atoms with Crippen LogP contribution in [0.5, 0.6) is 0 Å². The number of carboxylic acids is 1. The summed E-state index contributed by atoms with van der Waals surface area (Å²) in [5, 5.41) is 11.6. The molecule has 0 heterocycles. The van der Waals surface area contributed by atoms with Crippen molar-refractivity contribution >= 4 is 11.9 Å². The summed E-state index contributed by atoms with van der Waals surface area (Å²) >= 11 is 0. The first-order valence-corrected chi connectivity index (χ1v) is 4.61. The Balaban J connectivity index is 1.96. The van der Waals surface area contributed by atoms with Crippen molar-refractivity contribution in [2.75, 3.05) is 0 Å². The standard InChI is InChI=1S/C9H13NO3/c1-4(11)10-6-3-2-5-7(6)8(5)9(12)13/h5-8H,2-3H2,1H3,(H,10,11)(H,12,13). The van der Waals surface area contributed by atoms with Crippen LogP contribution in [-0.4, -0.2) is 23.0 Å². The van der Waals surface area contributed by atoms with Crippen molar-refractivity contribution in [3.63, 3.8) is 0 Å². The second kappa shape index (κ2) is 2.72. The van der Waals surface area contributed by atoms with Crippen LogP contribution in [0.1, 0.15) is 19.8 Å². The van der Waals surface area contributed by atoms with Crippen molar-refractivity contribution in [3.8, 4) is 0 Å². The van der Waals surface area contributed by atoms with E-state index in [0.717, 1.165) is 12.8 Å². The summed E-state index contributed by atoms with van der Waals surface area (Å²) in [6.07, 6.45) is 1.89. The molecule has 4 atom stereocenters. The molecule has 0 saturated heterocycles. The maximum Gasteiger partial charge on any atom is 0.307 e. The number of carboxylic acid groups (broad SMARTS) is 1. The quantitative estimate of drug-likeness (QED) is 0.644. The van der Waals surface area contributed by atoms with Gasteiger partial charge in [0.25, 0.3) is 0 Å². The molecule has 0 bridgehead atoms.